The van der Waals surface area contributed by atoms with Crippen LogP contribution in [0.25, 0.3) is 0 Å². The van der Waals surface area contributed by atoms with Gasteiger partial charge in [-0.1, -0.05) is 0 Å². The van der Waals surface area contributed by atoms with E-state index in [4.69, 9.17) is 5.26 Å². The highest BCUT2D eigenvalue weighted by Gasteiger charge is 2.12. The van der Waals surface area contributed by atoms with Crippen molar-refractivity contribution in [3.8, 4) is 6.07 Å². The molecule has 0 saturated carbocycles. The van der Waals surface area contributed by atoms with Gasteiger partial charge in [-0.2, -0.15) is 5.26 Å². The van der Waals surface area contributed by atoms with Crippen LogP contribution < -0.4 is 5.32 Å². The summed E-state index contributed by atoms with van der Waals surface area (Å²) in [7, 11) is 0. The number of halogens is 1. The molecule has 13 heavy (non-hydrogen) atoms. The van der Waals surface area contributed by atoms with Crippen LogP contribution in [0.3, 0.4) is 0 Å². The van der Waals surface area contributed by atoms with Crippen molar-refractivity contribution < 1.29 is 0 Å². The van der Waals surface area contributed by atoms with E-state index in [2.05, 4.69) is 27.3 Å². The lowest BCUT2D eigenvalue weighted by Crippen LogP contribution is -2.26. The van der Waals surface area contributed by atoms with Crippen LogP contribution in [-0.4, -0.2) is 6.04 Å². The van der Waals surface area contributed by atoms with Crippen LogP contribution in [0.4, 0.5) is 0 Å². The lowest BCUT2D eigenvalue weighted by molar-refractivity contribution is 0.551. The molecule has 1 heterocycles. The number of hydrogen-bond acceptors (Lipinski definition) is 3. The van der Waals surface area contributed by atoms with Crippen molar-refractivity contribution in [2.45, 2.75) is 25.9 Å². The van der Waals surface area contributed by atoms with Crippen molar-refractivity contribution in [1.29, 1.82) is 5.26 Å². The van der Waals surface area contributed by atoms with Crippen LogP contribution in [0.1, 0.15) is 24.8 Å². The number of nitriles is 1. The molecule has 0 amide bonds. The number of rotatable bonds is 3. The Morgan fingerprint density at radius 1 is 1.62 bits per heavy atom. The molecule has 0 saturated heterocycles. The molecule has 0 spiro atoms. The first-order chi connectivity index (χ1) is 6.13. The molecule has 1 rings (SSSR count). The summed E-state index contributed by atoms with van der Waals surface area (Å²) in [6.45, 7) is 4.07. The Labute approximate surface area is 90.7 Å². The fourth-order valence-electron chi connectivity index (χ4n) is 0.996. The first-order valence-electron chi connectivity index (χ1n) is 4.03. The van der Waals surface area contributed by atoms with Gasteiger partial charge in [0.1, 0.15) is 6.04 Å². The molecule has 70 valence electrons. The molecule has 0 radical (unpaired) electrons. The predicted molar refractivity (Wildman–Crippen MR) is 58.6 cm³/mol. The van der Waals surface area contributed by atoms with Crippen molar-refractivity contribution >= 4 is 27.3 Å². The average Bonchev–Trinajstić information content (AvgIpc) is 2.47. The third-order valence-electron chi connectivity index (χ3n) is 1.50. The number of hydrogen-bond donors (Lipinski definition) is 1. The van der Waals surface area contributed by atoms with Gasteiger partial charge in [0.05, 0.1) is 6.07 Å². The van der Waals surface area contributed by atoms with Crippen LogP contribution >= 0.6 is 27.3 Å². The summed E-state index contributed by atoms with van der Waals surface area (Å²) in [6, 6.07) is 4.36. The normalized spacial score (nSPS) is 12.8. The van der Waals surface area contributed by atoms with Gasteiger partial charge in [-0.25, -0.2) is 0 Å². The first-order valence-corrected chi connectivity index (χ1v) is 5.70. The molecule has 0 aromatic carbocycles. The predicted octanol–water partition coefficient (Wildman–Crippen LogP) is 3.07. The second-order valence-corrected chi connectivity index (χ2v) is 4.91. The van der Waals surface area contributed by atoms with Crippen LogP contribution in [0.5, 0.6) is 0 Å². The highest BCUT2D eigenvalue weighted by Crippen LogP contribution is 2.25. The van der Waals surface area contributed by atoms with Gasteiger partial charge in [0.15, 0.2) is 0 Å². The summed E-state index contributed by atoms with van der Waals surface area (Å²) in [4.78, 5) is 1.06. The van der Waals surface area contributed by atoms with Gasteiger partial charge in [-0.15, -0.1) is 11.3 Å². The summed E-state index contributed by atoms with van der Waals surface area (Å²) >= 11 is 4.96. The van der Waals surface area contributed by atoms with Gasteiger partial charge in [0, 0.05) is 20.8 Å². The first kappa shape index (κ1) is 10.7. The van der Waals surface area contributed by atoms with Gasteiger partial charge < -0.3 is 0 Å². The molecular weight excluding hydrogens is 248 g/mol. The van der Waals surface area contributed by atoms with Crippen molar-refractivity contribution in [3.63, 3.8) is 0 Å². The Kier molecular flexibility index (Phi) is 3.91. The van der Waals surface area contributed by atoms with Crippen molar-refractivity contribution in [2.24, 2.45) is 0 Å². The van der Waals surface area contributed by atoms with Gasteiger partial charge in [-0.05, 0) is 35.8 Å². The Bertz CT molecular complexity index is 314. The molecule has 1 unspecified atom stereocenters. The maximum atomic E-state index is 8.92. The maximum Gasteiger partial charge on any atom is 0.130 e. The monoisotopic (exact) mass is 258 g/mol. The molecule has 1 aromatic heterocycles. The van der Waals surface area contributed by atoms with E-state index in [0.717, 1.165) is 9.35 Å². The van der Waals surface area contributed by atoms with Crippen LogP contribution in [0, 0.1) is 11.3 Å². The second-order valence-electron chi connectivity index (χ2n) is 3.05. The van der Waals surface area contributed by atoms with E-state index in [-0.39, 0.29) is 6.04 Å². The molecule has 0 fully saturated rings. The summed E-state index contributed by atoms with van der Waals surface area (Å²) < 4.78 is 1.04. The van der Waals surface area contributed by atoms with Gasteiger partial charge in [-0.3, -0.25) is 5.32 Å². The van der Waals surface area contributed by atoms with Crippen LogP contribution in [0.15, 0.2) is 15.9 Å². The minimum absolute atomic E-state index is 0.184. The lowest BCUT2D eigenvalue weighted by Gasteiger charge is -2.12. The Morgan fingerprint density at radius 2 is 2.31 bits per heavy atom. The molecule has 1 N–H and O–H groups in total. The highest BCUT2D eigenvalue weighted by atomic mass is 79.9. The van der Waals surface area contributed by atoms with E-state index in [1.165, 1.54) is 0 Å². The van der Waals surface area contributed by atoms with E-state index >= 15 is 0 Å². The van der Waals surface area contributed by atoms with Gasteiger partial charge in [0.2, 0.25) is 0 Å². The molecule has 0 aliphatic carbocycles. The smallest absolute Gasteiger partial charge is 0.130 e. The zero-order chi connectivity index (χ0) is 9.84. The topological polar surface area (TPSA) is 35.8 Å². The van der Waals surface area contributed by atoms with E-state index < -0.39 is 0 Å². The van der Waals surface area contributed by atoms with Crippen molar-refractivity contribution in [3.05, 3.63) is 20.8 Å². The molecule has 0 aliphatic rings. The fraction of sp³-hybridized carbons (Fsp3) is 0.444. The standard InChI is InChI=1S/C9H11BrN2S/c1-6(2)12-8(4-11)9-3-7(10)5-13-9/h3,5-6,8,12H,1-2H3. The van der Waals surface area contributed by atoms with E-state index in [1.54, 1.807) is 11.3 Å². The quantitative estimate of drug-likeness (QED) is 0.905. The highest BCUT2D eigenvalue weighted by molar-refractivity contribution is 9.10. The zero-order valence-corrected chi connectivity index (χ0v) is 9.95. The zero-order valence-electron chi connectivity index (χ0n) is 7.54. The molecule has 4 heteroatoms. The fourth-order valence-corrected chi connectivity index (χ4v) is 2.44. The van der Waals surface area contributed by atoms with Crippen molar-refractivity contribution in [2.75, 3.05) is 0 Å². The maximum absolute atomic E-state index is 8.92. The lowest BCUT2D eigenvalue weighted by atomic mass is 10.2. The minimum Gasteiger partial charge on any atom is -0.295 e. The average molecular weight is 259 g/mol. The van der Waals surface area contributed by atoms with Crippen LogP contribution in [-0.2, 0) is 0 Å². The van der Waals surface area contributed by atoms with E-state index in [1.807, 2.05) is 25.3 Å². The summed E-state index contributed by atoms with van der Waals surface area (Å²) in [5.74, 6) is 0. The Morgan fingerprint density at radius 3 is 2.69 bits per heavy atom. The number of thiophene rings is 1. The van der Waals surface area contributed by atoms with E-state index in [0.29, 0.717) is 6.04 Å². The Balaban J connectivity index is 2.74. The number of nitrogens with zero attached hydrogens (tertiary/aromatic N) is 1. The van der Waals surface area contributed by atoms with Crippen molar-refractivity contribution in [1.82, 2.24) is 5.32 Å². The summed E-state index contributed by atoms with van der Waals surface area (Å²) in [6.07, 6.45) is 0. The molecule has 2 nitrogen and oxygen atoms in total. The third kappa shape index (κ3) is 3.11. The summed E-state index contributed by atoms with van der Waals surface area (Å²) in [5.41, 5.74) is 0. The molecule has 1 atom stereocenters. The number of nitrogens with one attached hydrogen (secondary N) is 1. The molecule has 0 bridgehead atoms. The second kappa shape index (κ2) is 4.75. The SMILES string of the molecule is CC(C)NC(C#N)c1cc(Br)cs1. The Hall–Kier alpha value is -0.370. The van der Waals surface area contributed by atoms with Crippen LogP contribution in [0.2, 0.25) is 0 Å². The minimum atomic E-state index is -0.184. The van der Waals surface area contributed by atoms with E-state index in [9.17, 15) is 0 Å². The molecule has 1 aromatic rings. The largest absolute Gasteiger partial charge is 0.295 e. The molecular formula is C9H11BrN2S. The van der Waals surface area contributed by atoms with Gasteiger partial charge in [0.25, 0.3) is 0 Å². The van der Waals surface area contributed by atoms with Gasteiger partial charge >= 0.3 is 0 Å². The third-order valence-corrected chi connectivity index (χ3v) is 3.26. The summed E-state index contributed by atoms with van der Waals surface area (Å²) in [5, 5.41) is 14.1. The molecule has 0 aliphatic heterocycles.